The van der Waals surface area contributed by atoms with Crippen LogP contribution >= 0.6 is 15.6 Å². The molecule has 1 aliphatic rings. The molecule has 0 aromatic carbocycles. The third-order valence-corrected chi connectivity index (χ3v) is 6.08. The summed E-state index contributed by atoms with van der Waals surface area (Å²) in [5.74, 6) is -1.04. The minimum Gasteiger partial charge on any atom is -0.756 e. The molecule has 6 atom stereocenters. The molecule has 32 heavy (non-hydrogen) atoms. The van der Waals surface area contributed by atoms with Crippen LogP contribution in [0.5, 0.6) is 0 Å². The van der Waals surface area contributed by atoms with Crippen molar-refractivity contribution in [1.29, 1.82) is 0 Å². The lowest BCUT2D eigenvalue weighted by Crippen LogP contribution is -2.35. The molecule has 1 aliphatic heterocycles. The summed E-state index contributed by atoms with van der Waals surface area (Å²) in [4.78, 5) is 50.1. The summed E-state index contributed by atoms with van der Waals surface area (Å²) < 4.78 is 48.5. The molecule has 3 N–H and O–H groups in total. The van der Waals surface area contributed by atoms with Crippen LogP contribution in [-0.4, -0.2) is 55.4 Å². The van der Waals surface area contributed by atoms with E-state index in [9.17, 15) is 28.5 Å². The molecule has 14 nitrogen and oxygen atoms in total. The van der Waals surface area contributed by atoms with Crippen molar-refractivity contribution in [3.05, 3.63) is 0 Å². The molecule has 1 fully saturated rings. The molecule has 0 radical (unpaired) electrons. The van der Waals surface area contributed by atoms with Crippen LogP contribution in [0.15, 0.2) is 4.99 Å². The Balaban J connectivity index is 2.90. The van der Waals surface area contributed by atoms with Crippen LogP contribution in [0.2, 0.25) is 0 Å². The second kappa shape index (κ2) is 12.3. The van der Waals surface area contributed by atoms with Gasteiger partial charge in [0.05, 0.1) is 30.8 Å². The number of nitrogens with two attached hydrogens (primary N) is 1. The summed E-state index contributed by atoms with van der Waals surface area (Å²) in [5.41, 5.74) is 5.52. The number of aliphatic imine (C=N–C) groups is 1. The summed E-state index contributed by atoms with van der Waals surface area (Å²) in [6, 6.07) is -0.956. The predicted molar refractivity (Wildman–Crippen MR) is 107 cm³/mol. The van der Waals surface area contributed by atoms with E-state index in [1.165, 1.54) is 34.6 Å². The van der Waals surface area contributed by atoms with Gasteiger partial charge in [-0.2, -0.15) is 4.99 Å². The molecule has 1 rings (SSSR count). The Morgan fingerprint density at radius 2 is 1.75 bits per heavy atom. The van der Waals surface area contributed by atoms with Gasteiger partial charge in [-0.1, -0.05) is 0 Å². The normalized spacial score (nSPS) is 26.5. The smallest absolute Gasteiger partial charge is 0.344 e. The molecule has 0 bridgehead atoms. The monoisotopic (exact) mass is 501 g/mol. The number of hydrogen-bond donors (Lipinski definition) is 2. The number of nitrogens with zero attached hydrogens (tertiary/aromatic N) is 1. The number of ether oxygens (including phenoxy) is 1. The van der Waals surface area contributed by atoms with Crippen molar-refractivity contribution in [2.45, 2.75) is 71.7 Å². The third-order valence-electron chi connectivity index (χ3n) is 3.73. The number of amides is 2. The number of aldehydes is 1. The van der Waals surface area contributed by atoms with Crippen LogP contribution in [0.3, 0.4) is 0 Å². The predicted octanol–water partition coefficient (Wildman–Crippen LogP) is 0.192. The van der Waals surface area contributed by atoms with Crippen molar-refractivity contribution >= 4 is 33.8 Å². The van der Waals surface area contributed by atoms with E-state index in [0.717, 1.165) is 0 Å². The highest BCUT2D eigenvalue weighted by Gasteiger charge is 2.40. The summed E-state index contributed by atoms with van der Waals surface area (Å²) in [6.45, 7) is 6.69. The van der Waals surface area contributed by atoms with Gasteiger partial charge >= 0.3 is 6.03 Å². The number of nitrogens with one attached hydrogen (secondary N) is 1. The number of phosphoric ester groups is 2. The first-order valence-corrected chi connectivity index (χ1v) is 12.6. The average molecular weight is 501 g/mol. The fourth-order valence-electron chi connectivity index (χ4n) is 2.43. The van der Waals surface area contributed by atoms with Gasteiger partial charge in [-0.3, -0.25) is 9.13 Å². The highest BCUT2D eigenvalue weighted by Crippen LogP contribution is 2.45. The van der Waals surface area contributed by atoms with Gasteiger partial charge in [0.25, 0.3) is 15.6 Å². The van der Waals surface area contributed by atoms with Gasteiger partial charge in [0, 0.05) is 6.42 Å². The van der Waals surface area contributed by atoms with E-state index in [2.05, 4.69) is 14.8 Å². The summed E-state index contributed by atoms with van der Waals surface area (Å²) in [5, 5.41) is 2.31. The largest absolute Gasteiger partial charge is 0.756 e. The third kappa shape index (κ3) is 10.6. The number of rotatable bonds is 12. The molecule has 1 heterocycles. The standard InChI is InChI=1S/C16H31N3O11P2/c1-9(2)28-31(22,23)26-8-13-12(30-32(24,25)29-10(3)4)6-14(27-13)18-16(21)19-15(17)11(5)7-20/h7,9-14H,6,8H2,1-5H3,(H,22,23)(H,24,25)(H3,17,18,19,21)/p-2/t11?,12-,13-,14-/m1/s1. The fourth-order valence-corrected chi connectivity index (χ4v) is 4.45. The molecule has 0 saturated carbocycles. The van der Waals surface area contributed by atoms with Crippen molar-refractivity contribution in [2.75, 3.05) is 6.61 Å². The number of amidine groups is 1. The van der Waals surface area contributed by atoms with Crippen molar-refractivity contribution < 1.29 is 51.3 Å². The molecule has 1 saturated heterocycles. The van der Waals surface area contributed by atoms with E-state index < -0.39 is 64.8 Å². The van der Waals surface area contributed by atoms with Crippen molar-refractivity contribution in [2.24, 2.45) is 16.6 Å². The Kier molecular flexibility index (Phi) is 11.1. The Bertz CT molecular complexity index is 776. The zero-order valence-electron chi connectivity index (χ0n) is 18.4. The molecular formula is C16H29N3O11P2-2. The van der Waals surface area contributed by atoms with Crippen LogP contribution in [0.1, 0.15) is 41.0 Å². The highest BCUT2D eigenvalue weighted by molar-refractivity contribution is 7.46. The van der Waals surface area contributed by atoms with Crippen LogP contribution in [0.4, 0.5) is 4.79 Å². The minimum absolute atomic E-state index is 0.208. The van der Waals surface area contributed by atoms with E-state index in [1.807, 2.05) is 0 Å². The fraction of sp³-hybridized carbons (Fsp3) is 0.812. The van der Waals surface area contributed by atoms with Crippen LogP contribution < -0.4 is 20.8 Å². The number of hydrogen-bond acceptors (Lipinski definition) is 11. The highest BCUT2D eigenvalue weighted by atomic mass is 31.2. The van der Waals surface area contributed by atoms with Crippen molar-refractivity contribution in [3.63, 3.8) is 0 Å². The molecular weight excluding hydrogens is 472 g/mol. The average Bonchev–Trinajstić information content (AvgIpc) is 2.97. The van der Waals surface area contributed by atoms with E-state index in [1.54, 1.807) is 0 Å². The van der Waals surface area contributed by atoms with Gasteiger partial charge in [0.1, 0.15) is 24.5 Å². The van der Waals surface area contributed by atoms with Gasteiger partial charge in [0.2, 0.25) is 0 Å². The van der Waals surface area contributed by atoms with Gasteiger partial charge in [-0.25, -0.2) is 4.79 Å². The molecule has 2 amide bonds. The first-order chi connectivity index (χ1) is 14.6. The second-order valence-electron chi connectivity index (χ2n) is 7.45. The van der Waals surface area contributed by atoms with Crippen LogP contribution in [0.25, 0.3) is 0 Å². The maximum absolute atomic E-state index is 12.1. The first-order valence-electron chi connectivity index (χ1n) is 9.71. The maximum Gasteiger partial charge on any atom is 0.344 e. The SMILES string of the molecule is CC(C)OP(=O)([O-])OC[C@H]1O[C@@H](NC(=O)/N=C(/N)C(C)C=O)C[C@H]1OP(=O)([O-])OC(C)C. The Labute approximate surface area is 186 Å². The lowest BCUT2D eigenvalue weighted by molar-refractivity contribution is -0.236. The van der Waals surface area contributed by atoms with Gasteiger partial charge in [0.15, 0.2) is 0 Å². The number of carbonyl (C=O) groups excluding carboxylic acids is 2. The number of urea groups is 1. The quantitative estimate of drug-likeness (QED) is 0.159. The van der Waals surface area contributed by atoms with E-state index in [-0.39, 0.29) is 12.3 Å². The van der Waals surface area contributed by atoms with E-state index >= 15 is 0 Å². The van der Waals surface area contributed by atoms with Crippen LogP contribution in [0, 0.1) is 5.92 Å². The topological polar surface area (TPSA) is 211 Å². The second-order valence-corrected chi connectivity index (χ2v) is 10.1. The van der Waals surface area contributed by atoms with Crippen molar-refractivity contribution in [1.82, 2.24) is 5.32 Å². The Morgan fingerprint density at radius 3 is 2.28 bits per heavy atom. The molecule has 186 valence electrons. The first kappa shape index (κ1) is 28.8. The summed E-state index contributed by atoms with van der Waals surface area (Å²) in [7, 11) is -9.49. The van der Waals surface area contributed by atoms with Gasteiger partial charge in [-0.05, 0) is 34.6 Å². The summed E-state index contributed by atoms with van der Waals surface area (Å²) >= 11 is 0. The minimum atomic E-state index is -4.79. The van der Waals surface area contributed by atoms with Crippen molar-refractivity contribution in [3.8, 4) is 0 Å². The molecule has 0 aromatic rings. The molecule has 0 aliphatic carbocycles. The zero-order chi connectivity index (χ0) is 24.7. The van der Waals surface area contributed by atoms with Crippen LogP contribution in [-0.2, 0) is 36.8 Å². The van der Waals surface area contributed by atoms with Gasteiger partial charge in [-0.15, -0.1) is 0 Å². The summed E-state index contributed by atoms with van der Waals surface area (Å²) in [6.07, 6.45) is -4.70. The Morgan fingerprint density at radius 1 is 1.19 bits per heavy atom. The van der Waals surface area contributed by atoms with E-state index in [4.69, 9.17) is 24.0 Å². The maximum atomic E-state index is 12.1. The number of phosphoric acid groups is 2. The number of carbonyl (C=O) groups is 2. The Hall–Kier alpha value is -1.21. The zero-order valence-corrected chi connectivity index (χ0v) is 20.2. The lowest BCUT2D eigenvalue weighted by atomic mass is 10.2. The molecule has 0 aromatic heterocycles. The van der Waals surface area contributed by atoms with E-state index in [0.29, 0.717) is 6.29 Å². The molecule has 16 heteroatoms. The molecule has 3 unspecified atom stereocenters. The van der Waals surface area contributed by atoms with Gasteiger partial charge < -0.3 is 48.5 Å². The molecule has 0 spiro atoms. The lowest BCUT2D eigenvalue weighted by Gasteiger charge is -2.31.